The van der Waals surface area contributed by atoms with Crippen molar-refractivity contribution in [1.29, 1.82) is 0 Å². The van der Waals surface area contributed by atoms with E-state index in [2.05, 4.69) is 10.4 Å². The molecule has 140 valence electrons. The zero-order chi connectivity index (χ0) is 18.7. The number of carbonyl (C=O) groups is 1. The van der Waals surface area contributed by atoms with E-state index < -0.39 is 0 Å². The average Bonchev–Trinajstić information content (AvgIpc) is 3.14. The second-order valence-corrected chi connectivity index (χ2v) is 8.47. The Balaban J connectivity index is 1.91. The fourth-order valence-corrected chi connectivity index (χ4v) is 3.69. The van der Waals surface area contributed by atoms with Crippen molar-refractivity contribution in [2.24, 2.45) is 0 Å². The molecule has 0 saturated carbocycles. The molecule has 2 heterocycles. The van der Waals surface area contributed by atoms with Crippen molar-refractivity contribution in [2.75, 3.05) is 26.3 Å². The molecule has 26 heavy (non-hydrogen) atoms. The van der Waals surface area contributed by atoms with Crippen LogP contribution in [-0.2, 0) is 16.7 Å². The molecule has 0 radical (unpaired) electrons. The van der Waals surface area contributed by atoms with Gasteiger partial charge >= 0.3 is 0 Å². The van der Waals surface area contributed by atoms with Gasteiger partial charge in [-0.2, -0.15) is 0 Å². The topological polar surface area (TPSA) is 61.8 Å². The van der Waals surface area contributed by atoms with Crippen LogP contribution in [0.4, 0.5) is 0 Å². The van der Waals surface area contributed by atoms with E-state index in [0.717, 1.165) is 24.2 Å². The Morgan fingerprint density at radius 2 is 2.04 bits per heavy atom. The van der Waals surface area contributed by atoms with Gasteiger partial charge in [0.05, 0.1) is 18.1 Å². The third-order valence-electron chi connectivity index (χ3n) is 4.51. The molecule has 0 bridgehead atoms. The minimum Gasteiger partial charge on any atom is -0.507 e. The standard InChI is InChI=1S/C20H26N2O3S/c1-20(2,3)16-12-14(19(24)17-5-4-10-26-17)11-15(18(16)23)13-21-22-6-8-25-9-7-22/h4-5,10-12,21,23H,6-9,13H2,1-3H3. The molecule has 2 N–H and O–H groups in total. The van der Waals surface area contributed by atoms with Crippen LogP contribution in [0.5, 0.6) is 5.75 Å². The molecule has 0 aliphatic carbocycles. The predicted octanol–water partition coefficient (Wildman–Crippen LogP) is 3.32. The van der Waals surface area contributed by atoms with E-state index in [-0.39, 0.29) is 16.9 Å². The molecule has 3 rings (SSSR count). The summed E-state index contributed by atoms with van der Waals surface area (Å²) >= 11 is 1.44. The van der Waals surface area contributed by atoms with Crippen molar-refractivity contribution in [3.8, 4) is 5.75 Å². The first-order chi connectivity index (χ1) is 12.4. The number of benzene rings is 1. The summed E-state index contributed by atoms with van der Waals surface area (Å²) < 4.78 is 5.36. The molecule has 6 heteroatoms. The largest absolute Gasteiger partial charge is 0.507 e. The van der Waals surface area contributed by atoms with Gasteiger partial charge in [0, 0.05) is 36.3 Å². The Morgan fingerprint density at radius 3 is 2.65 bits per heavy atom. The first-order valence-corrected chi connectivity index (χ1v) is 9.75. The van der Waals surface area contributed by atoms with Crippen LogP contribution < -0.4 is 5.43 Å². The SMILES string of the molecule is CC(C)(C)c1cc(C(=O)c2cccs2)cc(CNN2CCOCC2)c1O. The van der Waals surface area contributed by atoms with E-state index in [1.165, 1.54) is 11.3 Å². The monoisotopic (exact) mass is 374 g/mol. The summed E-state index contributed by atoms with van der Waals surface area (Å²) in [6.45, 7) is 9.61. The maximum atomic E-state index is 12.8. The zero-order valence-electron chi connectivity index (χ0n) is 15.5. The van der Waals surface area contributed by atoms with Crippen LogP contribution in [0, 0.1) is 0 Å². The minimum absolute atomic E-state index is 0.00174. The molecule has 1 saturated heterocycles. The van der Waals surface area contributed by atoms with Gasteiger partial charge in [-0.25, -0.2) is 5.01 Å². The number of thiophene rings is 1. The Morgan fingerprint density at radius 1 is 1.31 bits per heavy atom. The third-order valence-corrected chi connectivity index (χ3v) is 5.38. The molecular weight excluding hydrogens is 348 g/mol. The van der Waals surface area contributed by atoms with Gasteiger partial charge in [0.1, 0.15) is 5.75 Å². The zero-order valence-corrected chi connectivity index (χ0v) is 16.4. The lowest BCUT2D eigenvalue weighted by Crippen LogP contribution is -2.45. The van der Waals surface area contributed by atoms with E-state index in [0.29, 0.717) is 30.2 Å². The van der Waals surface area contributed by atoms with Crippen molar-refractivity contribution in [3.63, 3.8) is 0 Å². The highest BCUT2D eigenvalue weighted by Crippen LogP contribution is 2.35. The van der Waals surface area contributed by atoms with E-state index in [1.807, 2.05) is 44.4 Å². The molecule has 0 amide bonds. The molecule has 2 aromatic rings. The van der Waals surface area contributed by atoms with Crippen LogP contribution in [0.15, 0.2) is 29.6 Å². The summed E-state index contributed by atoms with van der Waals surface area (Å²) in [5.41, 5.74) is 5.23. The summed E-state index contributed by atoms with van der Waals surface area (Å²) in [7, 11) is 0. The van der Waals surface area contributed by atoms with Gasteiger partial charge in [-0.05, 0) is 29.0 Å². The average molecular weight is 375 g/mol. The van der Waals surface area contributed by atoms with Crippen LogP contribution >= 0.6 is 11.3 Å². The van der Waals surface area contributed by atoms with Gasteiger partial charge in [0.15, 0.2) is 0 Å². The normalized spacial score (nSPS) is 16.0. The first-order valence-electron chi connectivity index (χ1n) is 8.87. The van der Waals surface area contributed by atoms with Gasteiger partial charge in [0.2, 0.25) is 5.78 Å². The third kappa shape index (κ3) is 4.32. The number of ketones is 1. The van der Waals surface area contributed by atoms with Crippen LogP contribution in [0.1, 0.15) is 47.1 Å². The van der Waals surface area contributed by atoms with E-state index >= 15 is 0 Å². The molecular formula is C20H26N2O3S. The first kappa shape index (κ1) is 19.0. The number of morpholine rings is 1. The second-order valence-electron chi connectivity index (χ2n) is 7.52. The summed E-state index contributed by atoms with van der Waals surface area (Å²) in [4.78, 5) is 13.5. The van der Waals surface area contributed by atoms with Gasteiger partial charge in [0.25, 0.3) is 0 Å². The summed E-state index contributed by atoms with van der Waals surface area (Å²) in [6.07, 6.45) is 0. The molecule has 1 aliphatic heterocycles. The second kappa shape index (κ2) is 7.88. The number of nitrogens with one attached hydrogen (secondary N) is 1. The van der Waals surface area contributed by atoms with Crippen LogP contribution in [-0.4, -0.2) is 42.2 Å². The highest BCUT2D eigenvalue weighted by molar-refractivity contribution is 7.12. The van der Waals surface area contributed by atoms with Gasteiger partial charge in [-0.3, -0.25) is 10.2 Å². The lowest BCUT2D eigenvalue weighted by molar-refractivity contribution is 0.0104. The van der Waals surface area contributed by atoms with Crippen LogP contribution in [0.2, 0.25) is 0 Å². The Labute approximate surface area is 158 Å². The molecule has 1 aliphatic rings. The molecule has 1 aromatic carbocycles. The van der Waals surface area contributed by atoms with Crippen molar-refractivity contribution in [3.05, 3.63) is 51.2 Å². The van der Waals surface area contributed by atoms with Crippen molar-refractivity contribution >= 4 is 17.1 Å². The number of hydrogen-bond donors (Lipinski definition) is 2. The van der Waals surface area contributed by atoms with Gasteiger partial charge < -0.3 is 9.84 Å². The van der Waals surface area contributed by atoms with E-state index in [4.69, 9.17) is 4.74 Å². The van der Waals surface area contributed by atoms with Crippen molar-refractivity contribution in [2.45, 2.75) is 32.7 Å². The van der Waals surface area contributed by atoms with Crippen molar-refractivity contribution in [1.82, 2.24) is 10.4 Å². The maximum absolute atomic E-state index is 12.8. The number of hydrogen-bond acceptors (Lipinski definition) is 6. The number of aromatic hydroxyl groups is 1. The summed E-state index contributed by atoms with van der Waals surface area (Å²) in [5.74, 6) is 0.263. The number of nitrogens with zero attached hydrogens (tertiary/aromatic N) is 1. The van der Waals surface area contributed by atoms with Gasteiger partial charge in [-0.1, -0.05) is 26.8 Å². The number of ether oxygens (including phenoxy) is 1. The number of hydrazine groups is 1. The molecule has 0 atom stereocenters. The lowest BCUT2D eigenvalue weighted by Gasteiger charge is -2.28. The number of rotatable bonds is 5. The maximum Gasteiger partial charge on any atom is 0.202 e. The number of phenols is 1. The molecule has 0 spiro atoms. The number of phenolic OH excluding ortho intramolecular Hbond substituents is 1. The Kier molecular flexibility index (Phi) is 5.77. The predicted molar refractivity (Wildman–Crippen MR) is 104 cm³/mol. The van der Waals surface area contributed by atoms with Crippen molar-refractivity contribution < 1.29 is 14.6 Å². The molecule has 5 nitrogen and oxygen atoms in total. The summed E-state index contributed by atoms with van der Waals surface area (Å²) in [5, 5.41) is 14.8. The van der Waals surface area contributed by atoms with E-state index in [1.54, 1.807) is 6.07 Å². The minimum atomic E-state index is -0.260. The lowest BCUT2D eigenvalue weighted by atomic mass is 9.83. The Hall–Kier alpha value is -1.73. The smallest absolute Gasteiger partial charge is 0.202 e. The van der Waals surface area contributed by atoms with E-state index in [9.17, 15) is 9.90 Å². The van der Waals surface area contributed by atoms with Crippen LogP contribution in [0.3, 0.4) is 0 Å². The summed E-state index contributed by atoms with van der Waals surface area (Å²) in [6, 6.07) is 7.35. The quantitative estimate of drug-likeness (QED) is 0.786. The van der Waals surface area contributed by atoms with Gasteiger partial charge in [-0.15, -0.1) is 11.3 Å². The fourth-order valence-electron chi connectivity index (χ4n) is 3.00. The molecule has 1 aromatic heterocycles. The van der Waals surface area contributed by atoms with Crippen LogP contribution in [0.25, 0.3) is 0 Å². The number of carbonyl (C=O) groups excluding carboxylic acids is 1. The highest BCUT2D eigenvalue weighted by Gasteiger charge is 2.24. The molecule has 1 fully saturated rings. The molecule has 0 unspecified atom stereocenters. The Bertz CT molecular complexity index is 760. The highest BCUT2D eigenvalue weighted by atomic mass is 32.1. The fraction of sp³-hybridized carbons (Fsp3) is 0.450.